The van der Waals surface area contributed by atoms with Crippen molar-refractivity contribution in [1.29, 1.82) is 0 Å². The molecule has 0 spiro atoms. The SMILES string of the molecule is CC[C@]1(O)CC[C@@]2(C)C(CC[C@H]3[C@@H]4CC[C@H]([C@H](C)CCC(O)C(C)(C)C)[C@@]4(C)CC[C@@H]32)C1. The minimum Gasteiger partial charge on any atom is -0.393 e. The number of aliphatic hydroxyl groups excluding tert-OH is 1. The molecule has 186 valence electrons. The van der Waals surface area contributed by atoms with Crippen LogP contribution in [-0.4, -0.2) is 21.9 Å². The average Bonchev–Trinajstić information content (AvgIpc) is 3.09. The Morgan fingerprint density at radius 3 is 2.22 bits per heavy atom. The van der Waals surface area contributed by atoms with Crippen LogP contribution in [0.3, 0.4) is 0 Å². The van der Waals surface area contributed by atoms with E-state index in [0.29, 0.717) is 10.8 Å². The van der Waals surface area contributed by atoms with Crippen LogP contribution in [0.25, 0.3) is 0 Å². The van der Waals surface area contributed by atoms with Crippen molar-refractivity contribution in [2.75, 3.05) is 0 Å². The van der Waals surface area contributed by atoms with E-state index in [1.165, 1.54) is 51.4 Å². The van der Waals surface area contributed by atoms with Gasteiger partial charge in [0.1, 0.15) is 0 Å². The van der Waals surface area contributed by atoms with Crippen LogP contribution in [0, 0.1) is 51.8 Å². The lowest BCUT2D eigenvalue weighted by molar-refractivity contribution is -0.152. The minimum atomic E-state index is -0.383. The van der Waals surface area contributed by atoms with Crippen LogP contribution < -0.4 is 0 Å². The molecule has 4 saturated carbocycles. The van der Waals surface area contributed by atoms with Gasteiger partial charge in [0.15, 0.2) is 0 Å². The van der Waals surface area contributed by atoms with E-state index in [-0.39, 0.29) is 17.1 Å². The molecule has 0 bridgehead atoms. The van der Waals surface area contributed by atoms with Crippen molar-refractivity contribution in [2.24, 2.45) is 51.8 Å². The third kappa shape index (κ3) is 4.12. The molecule has 0 aromatic carbocycles. The molecule has 4 rings (SSSR count). The molecule has 0 heterocycles. The van der Waals surface area contributed by atoms with Gasteiger partial charge in [-0.1, -0.05) is 48.5 Å². The summed E-state index contributed by atoms with van der Waals surface area (Å²) in [6.45, 7) is 16.5. The van der Waals surface area contributed by atoms with Crippen molar-refractivity contribution in [3.8, 4) is 0 Å². The lowest BCUT2D eigenvalue weighted by Gasteiger charge is -2.62. The molecular weight excluding hydrogens is 392 g/mol. The molecule has 0 saturated heterocycles. The first-order chi connectivity index (χ1) is 14.8. The van der Waals surface area contributed by atoms with E-state index in [4.69, 9.17) is 0 Å². The monoisotopic (exact) mass is 446 g/mol. The van der Waals surface area contributed by atoms with Crippen LogP contribution in [-0.2, 0) is 0 Å². The van der Waals surface area contributed by atoms with Gasteiger partial charge in [-0.25, -0.2) is 0 Å². The van der Waals surface area contributed by atoms with Gasteiger partial charge in [-0.3, -0.25) is 0 Å². The highest BCUT2D eigenvalue weighted by atomic mass is 16.3. The molecule has 0 amide bonds. The van der Waals surface area contributed by atoms with E-state index in [9.17, 15) is 10.2 Å². The summed E-state index contributed by atoms with van der Waals surface area (Å²) in [5, 5.41) is 21.6. The maximum Gasteiger partial charge on any atom is 0.0648 e. The van der Waals surface area contributed by atoms with Crippen LogP contribution >= 0.6 is 0 Å². The predicted octanol–water partition coefficient (Wildman–Crippen LogP) is 7.61. The summed E-state index contributed by atoms with van der Waals surface area (Å²) in [7, 11) is 0. The van der Waals surface area contributed by atoms with Crippen LogP contribution in [0.5, 0.6) is 0 Å². The van der Waals surface area contributed by atoms with E-state index < -0.39 is 0 Å². The summed E-state index contributed by atoms with van der Waals surface area (Å²) in [6, 6.07) is 0. The molecule has 10 atom stereocenters. The molecule has 2 N–H and O–H groups in total. The molecule has 32 heavy (non-hydrogen) atoms. The van der Waals surface area contributed by atoms with E-state index >= 15 is 0 Å². The van der Waals surface area contributed by atoms with E-state index in [2.05, 4.69) is 48.5 Å². The van der Waals surface area contributed by atoms with Crippen LogP contribution in [0.2, 0.25) is 0 Å². The van der Waals surface area contributed by atoms with Crippen molar-refractivity contribution < 1.29 is 10.2 Å². The maximum absolute atomic E-state index is 11.0. The second-order valence-corrected chi connectivity index (χ2v) is 14.6. The lowest BCUT2D eigenvalue weighted by Crippen LogP contribution is -2.56. The van der Waals surface area contributed by atoms with Gasteiger partial charge in [0.25, 0.3) is 0 Å². The molecular formula is C30H54O2. The van der Waals surface area contributed by atoms with Gasteiger partial charge in [0.05, 0.1) is 11.7 Å². The van der Waals surface area contributed by atoms with Crippen molar-refractivity contribution in [3.63, 3.8) is 0 Å². The van der Waals surface area contributed by atoms with Gasteiger partial charge in [-0.15, -0.1) is 0 Å². The molecule has 4 fully saturated rings. The van der Waals surface area contributed by atoms with E-state index in [0.717, 1.165) is 61.2 Å². The molecule has 0 radical (unpaired) electrons. The number of rotatable bonds is 5. The third-order valence-corrected chi connectivity index (χ3v) is 12.1. The fourth-order valence-electron chi connectivity index (χ4n) is 9.67. The summed E-state index contributed by atoms with van der Waals surface area (Å²) in [5.41, 5.74) is 0.588. The smallest absolute Gasteiger partial charge is 0.0648 e. The number of hydrogen-bond acceptors (Lipinski definition) is 2. The zero-order valence-corrected chi connectivity index (χ0v) is 22.4. The molecule has 2 unspecified atom stereocenters. The summed E-state index contributed by atoms with van der Waals surface area (Å²) in [4.78, 5) is 0. The Morgan fingerprint density at radius 2 is 1.56 bits per heavy atom. The zero-order valence-electron chi connectivity index (χ0n) is 22.4. The second kappa shape index (κ2) is 8.54. The topological polar surface area (TPSA) is 40.5 Å². The molecule has 4 aliphatic carbocycles. The molecule has 4 aliphatic rings. The van der Waals surface area contributed by atoms with Gasteiger partial charge in [-0.05, 0) is 129 Å². The molecule has 2 nitrogen and oxygen atoms in total. The second-order valence-electron chi connectivity index (χ2n) is 14.6. The fourth-order valence-corrected chi connectivity index (χ4v) is 9.67. The largest absolute Gasteiger partial charge is 0.393 e. The Morgan fingerprint density at radius 1 is 0.875 bits per heavy atom. The van der Waals surface area contributed by atoms with Gasteiger partial charge in [0, 0.05) is 0 Å². The molecule has 0 aliphatic heterocycles. The Labute approximate surface area is 199 Å². The highest BCUT2D eigenvalue weighted by Crippen LogP contribution is 2.69. The molecule has 2 heteroatoms. The lowest BCUT2D eigenvalue weighted by atomic mass is 9.43. The predicted molar refractivity (Wildman–Crippen MR) is 134 cm³/mol. The minimum absolute atomic E-state index is 0.00208. The fraction of sp³-hybridized carbons (Fsp3) is 1.00. The number of fused-ring (bicyclic) bond motifs is 5. The van der Waals surface area contributed by atoms with Crippen molar-refractivity contribution in [2.45, 2.75) is 137 Å². The first-order valence-electron chi connectivity index (χ1n) is 14.2. The number of aliphatic hydroxyl groups is 2. The first-order valence-corrected chi connectivity index (χ1v) is 14.2. The van der Waals surface area contributed by atoms with Crippen molar-refractivity contribution in [3.05, 3.63) is 0 Å². The maximum atomic E-state index is 11.0. The average molecular weight is 447 g/mol. The normalized spacial score (nSPS) is 48.5. The van der Waals surface area contributed by atoms with Gasteiger partial charge >= 0.3 is 0 Å². The summed E-state index contributed by atoms with van der Waals surface area (Å²) in [6.07, 6.45) is 14.6. The van der Waals surface area contributed by atoms with Gasteiger partial charge < -0.3 is 10.2 Å². The van der Waals surface area contributed by atoms with E-state index in [1.807, 2.05) is 0 Å². The summed E-state index contributed by atoms with van der Waals surface area (Å²) in [5.74, 6) is 5.01. The zero-order chi connectivity index (χ0) is 23.5. The highest BCUT2D eigenvalue weighted by molar-refractivity contribution is 5.10. The third-order valence-electron chi connectivity index (χ3n) is 12.1. The standard InChI is InChI=1S/C30H54O2/c1-8-30(32)18-17-28(6)21(19-30)10-11-22-24-13-12-23(29(24,7)16-15-25(22)28)20(2)9-14-26(31)27(3,4)5/h20-26,31-32H,8-19H2,1-7H3/t20-,21?,22+,23-,24+,25+,26?,28+,29-,30+/m1/s1. The first kappa shape index (κ1) is 25.0. The number of hydrogen-bond donors (Lipinski definition) is 2. The summed E-state index contributed by atoms with van der Waals surface area (Å²) < 4.78 is 0. The van der Waals surface area contributed by atoms with Crippen LogP contribution in [0.15, 0.2) is 0 Å². The quantitative estimate of drug-likeness (QED) is 0.456. The van der Waals surface area contributed by atoms with Gasteiger partial charge in [0.2, 0.25) is 0 Å². The Bertz CT molecular complexity index is 666. The van der Waals surface area contributed by atoms with Crippen molar-refractivity contribution >= 4 is 0 Å². The highest BCUT2D eigenvalue weighted by Gasteiger charge is 2.61. The van der Waals surface area contributed by atoms with Crippen molar-refractivity contribution in [1.82, 2.24) is 0 Å². The molecule has 0 aromatic rings. The van der Waals surface area contributed by atoms with Crippen LogP contribution in [0.4, 0.5) is 0 Å². The van der Waals surface area contributed by atoms with Crippen LogP contribution in [0.1, 0.15) is 126 Å². The Balaban J connectivity index is 1.45. The summed E-state index contributed by atoms with van der Waals surface area (Å²) >= 11 is 0. The van der Waals surface area contributed by atoms with Gasteiger partial charge in [-0.2, -0.15) is 0 Å². The molecule has 0 aromatic heterocycles. The Hall–Kier alpha value is -0.0800. The Kier molecular flexibility index (Phi) is 6.68. The van der Waals surface area contributed by atoms with E-state index in [1.54, 1.807) is 0 Å².